The summed E-state index contributed by atoms with van der Waals surface area (Å²) in [4.78, 5) is 35.6. The molecule has 7 nitrogen and oxygen atoms in total. The van der Waals surface area contributed by atoms with Gasteiger partial charge < -0.3 is 9.64 Å². The van der Waals surface area contributed by atoms with Crippen molar-refractivity contribution in [3.8, 4) is 5.75 Å². The highest BCUT2D eigenvalue weighted by Crippen LogP contribution is 2.23. The van der Waals surface area contributed by atoms with Crippen LogP contribution in [-0.4, -0.2) is 42.2 Å². The number of nitro groups is 1. The average molecular weight is 389 g/mol. The summed E-state index contributed by atoms with van der Waals surface area (Å²) in [6, 6.07) is 10.4. The van der Waals surface area contributed by atoms with Crippen molar-refractivity contribution in [1.82, 2.24) is 4.90 Å². The van der Waals surface area contributed by atoms with Crippen LogP contribution in [0.5, 0.6) is 5.75 Å². The van der Waals surface area contributed by atoms with Gasteiger partial charge >= 0.3 is 0 Å². The van der Waals surface area contributed by atoms with Crippen molar-refractivity contribution >= 4 is 35.1 Å². The summed E-state index contributed by atoms with van der Waals surface area (Å²) in [7, 11) is 3.24. The van der Waals surface area contributed by atoms with E-state index in [4.69, 9.17) is 16.3 Å². The topological polar surface area (TPSA) is 89.8 Å². The number of ether oxygens (including phenoxy) is 1. The Morgan fingerprint density at radius 2 is 1.96 bits per heavy atom. The van der Waals surface area contributed by atoms with E-state index in [1.165, 1.54) is 41.3 Å². The number of carbonyl (C=O) groups is 2. The van der Waals surface area contributed by atoms with Gasteiger partial charge in [-0.25, -0.2) is 0 Å². The highest BCUT2D eigenvalue weighted by Gasteiger charge is 2.10. The number of likely N-dealkylation sites (N-methyl/N-ethyl adjacent to an activating group) is 1. The summed E-state index contributed by atoms with van der Waals surface area (Å²) in [6.07, 6.45) is 2.69. The fourth-order valence-electron chi connectivity index (χ4n) is 2.05. The van der Waals surface area contributed by atoms with E-state index in [2.05, 4.69) is 0 Å². The van der Waals surface area contributed by atoms with Gasteiger partial charge in [-0.15, -0.1) is 0 Å². The van der Waals surface area contributed by atoms with Crippen LogP contribution in [0.1, 0.15) is 15.9 Å². The molecule has 0 unspecified atom stereocenters. The van der Waals surface area contributed by atoms with Crippen molar-refractivity contribution < 1.29 is 19.2 Å². The lowest BCUT2D eigenvalue weighted by molar-refractivity contribution is -0.384. The zero-order valence-corrected chi connectivity index (χ0v) is 15.5. The number of ketones is 1. The van der Waals surface area contributed by atoms with E-state index in [9.17, 15) is 19.7 Å². The lowest BCUT2D eigenvalue weighted by Crippen LogP contribution is -2.27. The van der Waals surface area contributed by atoms with Crippen molar-refractivity contribution in [1.29, 1.82) is 0 Å². The van der Waals surface area contributed by atoms with Gasteiger partial charge in [0.25, 0.3) is 11.6 Å². The first-order valence-electron chi connectivity index (χ1n) is 7.87. The van der Waals surface area contributed by atoms with Crippen LogP contribution in [0.25, 0.3) is 6.08 Å². The minimum atomic E-state index is -0.536. The first-order chi connectivity index (χ1) is 12.8. The van der Waals surface area contributed by atoms with Crippen LogP contribution in [0.4, 0.5) is 5.69 Å². The number of rotatable bonds is 7. The van der Waals surface area contributed by atoms with Crippen LogP contribution < -0.4 is 4.74 Å². The molecule has 0 radical (unpaired) electrons. The molecule has 1 amide bonds. The molecule has 2 aromatic carbocycles. The van der Waals surface area contributed by atoms with Gasteiger partial charge in [-0.3, -0.25) is 19.7 Å². The monoisotopic (exact) mass is 388 g/mol. The van der Waals surface area contributed by atoms with E-state index >= 15 is 0 Å². The van der Waals surface area contributed by atoms with E-state index in [-0.39, 0.29) is 24.0 Å². The molecule has 0 fully saturated rings. The van der Waals surface area contributed by atoms with Gasteiger partial charge in [0.2, 0.25) is 0 Å². The number of nitrogens with zero attached hydrogens (tertiary/aromatic N) is 2. The Bertz CT molecular complexity index is 909. The smallest absolute Gasteiger partial charge is 0.270 e. The van der Waals surface area contributed by atoms with E-state index in [0.717, 1.165) is 0 Å². The molecule has 0 aromatic heterocycles. The Morgan fingerprint density at radius 1 is 1.22 bits per heavy atom. The number of hydrogen-bond donors (Lipinski definition) is 0. The Kier molecular flexibility index (Phi) is 6.67. The third-order valence-corrected chi connectivity index (χ3v) is 3.93. The third kappa shape index (κ3) is 5.65. The molecule has 0 heterocycles. The Labute approximate surface area is 161 Å². The predicted molar refractivity (Wildman–Crippen MR) is 102 cm³/mol. The number of nitro benzene ring substituents is 1. The third-order valence-electron chi connectivity index (χ3n) is 3.58. The zero-order valence-electron chi connectivity index (χ0n) is 14.7. The van der Waals surface area contributed by atoms with Crippen LogP contribution in [-0.2, 0) is 4.79 Å². The number of benzene rings is 2. The maximum Gasteiger partial charge on any atom is 0.270 e. The number of carbonyl (C=O) groups excluding carboxylic acids is 2. The van der Waals surface area contributed by atoms with Gasteiger partial charge in [0, 0.05) is 36.8 Å². The molecule has 2 rings (SSSR count). The summed E-state index contributed by atoms with van der Waals surface area (Å²) in [5, 5.41) is 11.1. The number of non-ortho nitro benzene ring substituents is 1. The quantitative estimate of drug-likeness (QED) is 0.313. The first kappa shape index (κ1) is 20.1. The summed E-state index contributed by atoms with van der Waals surface area (Å²) >= 11 is 6.01. The number of hydrogen-bond acceptors (Lipinski definition) is 5. The molecule has 0 atom stereocenters. The minimum Gasteiger partial charge on any atom is -0.484 e. The minimum absolute atomic E-state index is 0.118. The molecule has 27 heavy (non-hydrogen) atoms. The highest BCUT2D eigenvalue weighted by atomic mass is 35.5. The van der Waals surface area contributed by atoms with Gasteiger partial charge in [-0.05, 0) is 35.9 Å². The molecule has 0 N–H and O–H groups in total. The van der Waals surface area contributed by atoms with Gasteiger partial charge in [-0.2, -0.15) is 0 Å². The second-order valence-corrected chi connectivity index (χ2v) is 6.17. The van der Waals surface area contributed by atoms with Gasteiger partial charge in [0.1, 0.15) is 5.75 Å². The standard InChI is InChI=1S/C19H17ClN2O5/c1-21(2)19(24)12-27-16-5-3-4-14(11-16)18(23)9-6-13-10-15(22(25)26)7-8-17(13)20/h3-11H,12H2,1-2H3. The van der Waals surface area contributed by atoms with Gasteiger partial charge in [-0.1, -0.05) is 23.7 Å². The molecule has 0 saturated carbocycles. The van der Waals surface area contributed by atoms with Crippen molar-refractivity contribution in [2.75, 3.05) is 20.7 Å². The molecule has 140 valence electrons. The molecular formula is C19H17ClN2O5. The van der Waals surface area contributed by atoms with Crippen molar-refractivity contribution in [2.24, 2.45) is 0 Å². The maximum absolute atomic E-state index is 12.4. The second-order valence-electron chi connectivity index (χ2n) is 5.77. The summed E-state index contributed by atoms with van der Waals surface area (Å²) in [6.45, 7) is -0.135. The molecule has 8 heteroatoms. The van der Waals surface area contributed by atoms with Crippen molar-refractivity contribution in [3.63, 3.8) is 0 Å². The Balaban J connectivity index is 2.13. The SMILES string of the molecule is CN(C)C(=O)COc1cccc(C(=O)C=Cc2cc([N+](=O)[O-])ccc2Cl)c1. The normalized spacial score (nSPS) is 10.6. The van der Waals surface area contributed by atoms with Crippen LogP contribution in [0, 0.1) is 10.1 Å². The van der Waals surface area contributed by atoms with Crippen LogP contribution in [0.2, 0.25) is 5.02 Å². The number of halogens is 1. The molecule has 0 spiro atoms. The number of amides is 1. The van der Waals surface area contributed by atoms with E-state index in [0.29, 0.717) is 21.9 Å². The van der Waals surface area contributed by atoms with Crippen LogP contribution in [0.15, 0.2) is 48.5 Å². The van der Waals surface area contributed by atoms with E-state index < -0.39 is 4.92 Å². The van der Waals surface area contributed by atoms with E-state index in [1.54, 1.807) is 32.3 Å². The Hall–Kier alpha value is -3.19. The molecule has 0 saturated heterocycles. The van der Waals surface area contributed by atoms with Crippen LogP contribution in [0.3, 0.4) is 0 Å². The largest absolute Gasteiger partial charge is 0.484 e. The lowest BCUT2D eigenvalue weighted by Gasteiger charge is -2.11. The van der Waals surface area contributed by atoms with Crippen molar-refractivity contribution in [3.05, 3.63) is 74.8 Å². The first-order valence-corrected chi connectivity index (χ1v) is 8.25. The number of allylic oxidation sites excluding steroid dienone is 1. The van der Waals surface area contributed by atoms with Gasteiger partial charge in [0.05, 0.1) is 4.92 Å². The fraction of sp³-hybridized carbons (Fsp3) is 0.158. The predicted octanol–water partition coefficient (Wildman–Crippen LogP) is 3.61. The fourth-order valence-corrected chi connectivity index (χ4v) is 2.23. The summed E-state index contributed by atoms with van der Waals surface area (Å²) in [5.74, 6) is -0.147. The van der Waals surface area contributed by atoms with Crippen molar-refractivity contribution in [2.45, 2.75) is 0 Å². The molecule has 0 aliphatic carbocycles. The molecule has 0 aliphatic rings. The molecule has 2 aromatic rings. The molecule has 0 aliphatic heterocycles. The molecule has 0 bridgehead atoms. The highest BCUT2D eigenvalue weighted by molar-refractivity contribution is 6.32. The zero-order chi connectivity index (χ0) is 20.0. The van der Waals surface area contributed by atoms with Gasteiger partial charge in [0.15, 0.2) is 12.4 Å². The second kappa shape index (κ2) is 8.95. The molecular weight excluding hydrogens is 372 g/mol. The maximum atomic E-state index is 12.4. The lowest BCUT2D eigenvalue weighted by atomic mass is 10.1. The van der Waals surface area contributed by atoms with Crippen LogP contribution >= 0.6 is 11.6 Å². The summed E-state index contributed by atoms with van der Waals surface area (Å²) in [5.41, 5.74) is 0.596. The Morgan fingerprint density at radius 3 is 2.63 bits per heavy atom. The summed E-state index contributed by atoms with van der Waals surface area (Å²) < 4.78 is 5.38. The van der Waals surface area contributed by atoms with E-state index in [1.807, 2.05) is 0 Å². The average Bonchev–Trinajstić information content (AvgIpc) is 2.65.